The van der Waals surface area contributed by atoms with Gasteiger partial charge in [-0.1, -0.05) is 0 Å². The minimum Gasteiger partial charge on any atom is -0.355 e. The summed E-state index contributed by atoms with van der Waals surface area (Å²) in [5, 5.41) is 3.24. The molecular formula is C11H18N2O2S2. The van der Waals surface area contributed by atoms with Gasteiger partial charge in [0.15, 0.2) is 6.29 Å². The summed E-state index contributed by atoms with van der Waals surface area (Å²) in [5.41, 5.74) is 0. The van der Waals surface area contributed by atoms with E-state index in [0.29, 0.717) is 6.04 Å². The summed E-state index contributed by atoms with van der Waals surface area (Å²) in [6, 6.07) is 0.404. The molecule has 0 N–H and O–H groups in total. The highest BCUT2D eigenvalue weighted by atomic mass is 32.2. The van der Waals surface area contributed by atoms with E-state index in [0.717, 1.165) is 18.8 Å². The van der Waals surface area contributed by atoms with Crippen LogP contribution in [0.4, 0.5) is 0 Å². The molecule has 1 aliphatic heterocycles. The van der Waals surface area contributed by atoms with Gasteiger partial charge in [0.2, 0.25) is 0 Å². The first-order valence-electron chi connectivity index (χ1n) is 5.62. The van der Waals surface area contributed by atoms with Gasteiger partial charge in [0, 0.05) is 43.8 Å². The molecule has 1 atom stereocenters. The fourth-order valence-electron chi connectivity index (χ4n) is 1.92. The summed E-state index contributed by atoms with van der Waals surface area (Å²) in [6.07, 6.45) is 1.72. The normalized spacial score (nSPS) is 22.2. The van der Waals surface area contributed by atoms with Crippen molar-refractivity contribution in [3.8, 4) is 0 Å². The summed E-state index contributed by atoms with van der Waals surface area (Å²) in [6.45, 7) is 1.87. The first kappa shape index (κ1) is 13.3. The van der Waals surface area contributed by atoms with Crippen molar-refractivity contribution >= 4 is 23.1 Å². The highest BCUT2D eigenvalue weighted by molar-refractivity contribution is 7.99. The molecule has 1 aromatic rings. The molecule has 1 fully saturated rings. The molecule has 1 aliphatic rings. The topological polar surface area (TPSA) is 34.6 Å². The van der Waals surface area contributed by atoms with Crippen molar-refractivity contribution in [3.63, 3.8) is 0 Å². The second kappa shape index (κ2) is 6.70. The lowest BCUT2D eigenvalue weighted by molar-refractivity contribution is -0.119. The largest absolute Gasteiger partial charge is 0.355 e. The average molecular weight is 274 g/mol. The van der Waals surface area contributed by atoms with Crippen LogP contribution in [0.15, 0.2) is 11.6 Å². The first-order chi connectivity index (χ1) is 8.35. The van der Waals surface area contributed by atoms with Crippen molar-refractivity contribution < 1.29 is 9.47 Å². The summed E-state index contributed by atoms with van der Waals surface area (Å²) >= 11 is 3.72. The maximum atomic E-state index is 5.28. The summed E-state index contributed by atoms with van der Waals surface area (Å²) in [7, 11) is 3.37. The van der Waals surface area contributed by atoms with E-state index in [2.05, 4.69) is 9.88 Å². The lowest BCUT2D eigenvalue weighted by Crippen LogP contribution is -2.42. The zero-order valence-corrected chi connectivity index (χ0v) is 11.8. The first-order valence-corrected chi connectivity index (χ1v) is 7.65. The highest BCUT2D eigenvalue weighted by Crippen LogP contribution is 2.30. The Bertz CT molecular complexity index is 317. The zero-order valence-electron chi connectivity index (χ0n) is 10.2. The molecule has 2 heterocycles. The van der Waals surface area contributed by atoms with Crippen LogP contribution in [0, 0.1) is 0 Å². The Labute approximate surface area is 110 Å². The molecule has 0 aromatic carbocycles. The van der Waals surface area contributed by atoms with Crippen molar-refractivity contribution in [1.82, 2.24) is 9.88 Å². The third kappa shape index (κ3) is 3.42. The molecular weight excluding hydrogens is 256 g/mol. The second-order valence-corrected chi connectivity index (χ2v) is 5.93. The minimum absolute atomic E-state index is 0.152. The van der Waals surface area contributed by atoms with Crippen molar-refractivity contribution in [1.29, 1.82) is 0 Å². The molecule has 1 unspecified atom stereocenters. The molecule has 17 heavy (non-hydrogen) atoms. The number of aromatic nitrogens is 1. The molecule has 0 spiro atoms. The molecule has 4 nitrogen and oxygen atoms in total. The van der Waals surface area contributed by atoms with E-state index in [1.807, 2.05) is 23.3 Å². The van der Waals surface area contributed by atoms with E-state index in [1.54, 1.807) is 25.6 Å². The SMILES string of the molecule is COC(CN1CCSCC1c1nccs1)OC. The van der Waals surface area contributed by atoms with E-state index in [4.69, 9.17) is 9.47 Å². The van der Waals surface area contributed by atoms with Gasteiger partial charge in [-0.15, -0.1) is 11.3 Å². The average Bonchev–Trinajstić information content (AvgIpc) is 2.90. The van der Waals surface area contributed by atoms with Crippen LogP contribution in [0.5, 0.6) is 0 Å². The number of rotatable bonds is 5. The molecule has 1 saturated heterocycles. The number of thioether (sulfide) groups is 1. The smallest absolute Gasteiger partial charge is 0.169 e. The van der Waals surface area contributed by atoms with Crippen molar-refractivity contribution in [2.24, 2.45) is 0 Å². The van der Waals surface area contributed by atoms with Crippen molar-refractivity contribution in [3.05, 3.63) is 16.6 Å². The lowest BCUT2D eigenvalue weighted by atomic mass is 10.2. The highest BCUT2D eigenvalue weighted by Gasteiger charge is 2.28. The van der Waals surface area contributed by atoms with E-state index in [9.17, 15) is 0 Å². The molecule has 6 heteroatoms. The fraction of sp³-hybridized carbons (Fsp3) is 0.727. The van der Waals surface area contributed by atoms with Gasteiger partial charge >= 0.3 is 0 Å². The van der Waals surface area contributed by atoms with Crippen LogP contribution in [0.25, 0.3) is 0 Å². The molecule has 0 aliphatic carbocycles. The van der Waals surface area contributed by atoms with Crippen LogP contribution >= 0.6 is 23.1 Å². The van der Waals surface area contributed by atoms with Gasteiger partial charge in [-0.05, 0) is 0 Å². The van der Waals surface area contributed by atoms with Gasteiger partial charge in [-0.25, -0.2) is 4.98 Å². The Morgan fingerprint density at radius 2 is 2.35 bits per heavy atom. The van der Waals surface area contributed by atoms with Crippen molar-refractivity contribution in [2.45, 2.75) is 12.3 Å². The van der Waals surface area contributed by atoms with Gasteiger partial charge < -0.3 is 9.47 Å². The molecule has 0 amide bonds. The maximum Gasteiger partial charge on any atom is 0.169 e. The molecule has 96 valence electrons. The minimum atomic E-state index is -0.152. The Balaban J connectivity index is 2.02. The van der Waals surface area contributed by atoms with Gasteiger partial charge in [-0.2, -0.15) is 11.8 Å². The fourth-order valence-corrected chi connectivity index (χ4v) is 3.92. The number of thiazole rings is 1. The van der Waals surface area contributed by atoms with Crippen molar-refractivity contribution in [2.75, 3.05) is 38.8 Å². The van der Waals surface area contributed by atoms with Gasteiger partial charge in [0.05, 0.1) is 12.6 Å². The predicted molar refractivity (Wildman–Crippen MR) is 71.6 cm³/mol. The third-order valence-corrected chi connectivity index (χ3v) is 4.78. The van der Waals surface area contributed by atoms with Crippen LogP contribution in [0.3, 0.4) is 0 Å². The van der Waals surface area contributed by atoms with Crippen LogP contribution in [0.2, 0.25) is 0 Å². The van der Waals surface area contributed by atoms with E-state index in [1.165, 1.54) is 10.8 Å². The molecule has 0 saturated carbocycles. The molecule has 0 radical (unpaired) electrons. The maximum absolute atomic E-state index is 5.28. The van der Waals surface area contributed by atoms with E-state index >= 15 is 0 Å². The Hall–Kier alpha value is -0.140. The van der Waals surface area contributed by atoms with Crippen LogP contribution in [-0.4, -0.2) is 55.0 Å². The van der Waals surface area contributed by atoms with Gasteiger partial charge in [0.25, 0.3) is 0 Å². The van der Waals surface area contributed by atoms with Crippen LogP contribution in [0.1, 0.15) is 11.0 Å². The number of ether oxygens (including phenoxy) is 2. The number of hydrogen-bond acceptors (Lipinski definition) is 6. The third-order valence-electron chi connectivity index (χ3n) is 2.89. The molecule has 1 aromatic heterocycles. The second-order valence-electron chi connectivity index (χ2n) is 3.86. The van der Waals surface area contributed by atoms with Gasteiger partial charge in [0.1, 0.15) is 5.01 Å². The zero-order chi connectivity index (χ0) is 12.1. The number of hydrogen-bond donors (Lipinski definition) is 0. The number of nitrogens with zero attached hydrogens (tertiary/aromatic N) is 2. The standard InChI is InChI=1S/C11H18N2O2S2/c1-14-10(15-2)7-13-4-6-16-8-9(13)11-12-3-5-17-11/h3,5,9-10H,4,6-8H2,1-2H3. The van der Waals surface area contributed by atoms with E-state index < -0.39 is 0 Å². The summed E-state index contributed by atoms with van der Waals surface area (Å²) in [5.74, 6) is 2.27. The van der Waals surface area contributed by atoms with E-state index in [-0.39, 0.29) is 6.29 Å². The Morgan fingerprint density at radius 1 is 1.53 bits per heavy atom. The molecule has 2 rings (SSSR count). The summed E-state index contributed by atoms with van der Waals surface area (Å²) in [4.78, 5) is 6.84. The van der Waals surface area contributed by atoms with Gasteiger partial charge in [-0.3, -0.25) is 4.90 Å². The summed E-state index contributed by atoms with van der Waals surface area (Å²) < 4.78 is 10.6. The van der Waals surface area contributed by atoms with Crippen LogP contribution < -0.4 is 0 Å². The lowest BCUT2D eigenvalue weighted by Gasteiger charge is -2.35. The Kier molecular flexibility index (Phi) is 5.24. The monoisotopic (exact) mass is 274 g/mol. The quantitative estimate of drug-likeness (QED) is 0.766. The predicted octanol–water partition coefficient (Wildman–Crippen LogP) is 1.85. The number of methoxy groups -OCH3 is 2. The Morgan fingerprint density at radius 3 is 3.00 bits per heavy atom. The molecule has 0 bridgehead atoms. The van der Waals surface area contributed by atoms with Crippen LogP contribution in [-0.2, 0) is 9.47 Å².